The van der Waals surface area contributed by atoms with Crippen LogP contribution in [-0.2, 0) is 11.5 Å². The minimum atomic E-state index is -5.13. The van der Waals surface area contributed by atoms with Crippen LogP contribution < -0.4 is 29.6 Å². The third-order valence-corrected chi connectivity index (χ3v) is 1.36. The Morgan fingerprint density at radius 2 is 2.00 bits per heavy atom. The topological polar surface area (TPSA) is 83.8 Å². The fourth-order valence-corrected chi connectivity index (χ4v) is 0.914. The zero-order valence-electron chi connectivity index (χ0n) is 6.10. The Balaban J connectivity index is -0.000000245. The maximum absolute atomic E-state index is 9.69. The first-order chi connectivity index (χ1) is 3.42. The van der Waals surface area contributed by atoms with Gasteiger partial charge in [0.1, 0.15) is 0 Å². The summed E-state index contributed by atoms with van der Waals surface area (Å²) in [5, 5.41) is 8.14. The van der Waals surface area contributed by atoms with E-state index < -0.39 is 19.7 Å². The van der Waals surface area contributed by atoms with Crippen LogP contribution in [0.4, 0.5) is 0 Å². The summed E-state index contributed by atoms with van der Waals surface area (Å²) in [5.74, 6) is 0. The zero-order chi connectivity index (χ0) is 6.78. The van der Waals surface area contributed by atoms with Crippen LogP contribution in [-0.4, -0.2) is 29.0 Å². The third kappa shape index (κ3) is 12.2. The van der Waals surface area contributed by atoms with Crippen molar-refractivity contribution in [3.63, 3.8) is 0 Å². The second-order valence-corrected chi connectivity index (χ2v) is 3.32. The summed E-state index contributed by atoms with van der Waals surface area (Å²) < 4.78 is 30.8. The molecule has 1 unspecified atom stereocenters. The Labute approximate surface area is 78.1 Å². The van der Waals surface area contributed by atoms with Gasteiger partial charge in [-0.3, -0.25) is 0 Å². The van der Waals surface area contributed by atoms with Gasteiger partial charge < -0.3 is 1.43 Å². The minimum Gasteiger partial charge on any atom is -1.00 e. The normalized spacial score (nSPS) is 14.1. The zero-order valence-corrected chi connectivity index (χ0v) is 8.82. The van der Waals surface area contributed by atoms with Gasteiger partial charge in [0.2, 0.25) is 0 Å². The van der Waals surface area contributed by atoms with Crippen molar-refractivity contribution < 1.29 is 51.8 Å². The Morgan fingerprint density at radius 3 is 2.00 bits per heavy atom. The number of aliphatic hydroxyl groups is 1. The summed E-state index contributed by atoms with van der Waals surface area (Å²) in [7, 11) is 0. The summed E-state index contributed by atoms with van der Waals surface area (Å²) in [6.45, 7) is 1.08. The molecule has 0 spiro atoms. The molecule has 0 saturated heterocycles. The molecule has 52 valence electrons. The average Bonchev–Trinajstić information content (AvgIpc) is 1.21. The molecule has 0 radical (unpaired) electrons. The molecule has 0 aromatic carbocycles. The van der Waals surface area contributed by atoms with E-state index in [9.17, 15) is 7.67 Å². The van der Waals surface area contributed by atoms with E-state index in [2.05, 4.69) is 3.82 Å². The minimum absolute atomic E-state index is 0. The van der Waals surface area contributed by atoms with Crippen molar-refractivity contribution in [2.45, 2.75) is 13.2 Å². The first-order valence-corrected chi connectivity index (χ1v) is 4.62. The smallest absolute Gasteiger partial charge is 1.00 e. The summed E-state index contributed by atoms with van der Waals surface area (Å²) in [6.07, 6.45) is -1.46. The van der Waals surface area contributed by atoms with Gasteiger partial charge in [-0.05, 0) is 0 Å². The molecular formula is C2H7NaO5Se. The maximum atomic E-state index is 9.69. The predicted molar refractivity (Wildman–Crippen MR) is 23.2 cm³/mol. The molecule has 0 amide bonds. The average molecular weight is 213 g/mol. The summed E-state index contributed by atoms with van der Waals surface area (Å²) in [6, 6.07) is 0. The van der Waals surface area contributed by atoms with Crippen LogP contribution in [0.2, 0.25) is 0 Å². The van der Waals surface area contributed by atoms with Gasteiger partial charge in [0, 0.05) is 0 Å². The molecule has 0 fully saturated rings. The van der Waals surface area contributed by atoms with Crippen LogP contribution in [0.25, 0.3) is 0 Å². The molecule has 0 bridgehead atoms. The van der Waals surface area contributed by atoms with Gasteiger partial charge >= 0.3 is 76.9 Å². The molecule has 0 aliphatic rings. The quantitative estimate of drug-likeness (QED) is 0.358. The van der Waals surface area contributed by atoms with E-state index >= 15 is 0 Å². The Kier molecular flexibility index (Phi) is 6.69. The number of hydrogen-bond donors (Lipinski definition) is 2. The molecule has 1 atom stereocenters. The van der Waals surface area contributed by atoms with E-state index in [0.29, 0.717) is 0 Å². The number of aliphatic hydroxyl groups excluding tert-OH is 1. The molecule has 0 saturated carbocycles. The molecule has 0 rings (SSSR count). The van der Waals surface area contributed by atoms with Gasteiger partial charge in [0.25, 0.3) is 0 Å². The van der Waals surface area contributed by atoms with E-state index in [1.807, 2.05) is 0 Å². The molecule has 9 heavy (non-hydrogen) atoms. The van der Waals surface area contributed by atoms with Gasteiger partial charge in [-0.2, -0.15) is 0 Å². The Morgan fingerprint density at radius 1 is 1.67 bits per heavy atom. The van der Waals surface area contributed by atoms with Gasteiger partial charge in [-0.25, -0.2) is 0 Å². The molecular weight excluding hydrogens is 206 g/mol. The number of hydrogen-bond acceptors (Lipinski definition) is 4. The van der Waals surface area contributed by atoms with Crippen molar-refractivity contribution in [2.75, 3.05) is 0 Å². The molecule has 5 nitrogen and oxygen atoms in total. The van der Waals surface area contributed by atoms with Crippen LogP contribution in [0.1, 0.15) is 8.35 Å². The second-order valence-electron chi connectivity index (χ2n) is 1.12. The maximum Gasteiger partial charge on any atom is 1.00 e. The molecule has 7 heteroatoms. The first kappa shape index (κ1) is 12.7. The standard InChI is InChI=1S/C2H6O5Se.Na.H/c1-2(3)7-8(4,5)6;;/h2-3H,1H3,(H,4,5,6);;/q;+1;-1. The molecule has 0 aromatic heterocycles. The largest absolute Gasteiger partial charge is 1.00 e. The monoisotopic (exact) mass is 214 g/mol. The van der Waals surface area contributed by atoms with Crippen LogP contribution in [0.15, 0.2) is 0 Å². The number of rotatable bonds is 2. The van der Waals surface area contributed by atoms with E-state index in [0.717, 1.165) is 6.92 Å². The van der Waals surface area contributed by atoms with Crippen LogP contribution in [0.5, 0.6) is 0 Å². The molecule has 0 aromatic rings. The van der Waals surface area contributed by atoms with Crippen molar-refractivity contribution in [3.05, 3.63) is 0 Å². The van der Waals surface area contributed by atoms with Crippen molar-refractivity contribution in [1.29, 1.82) is 0 Å². The predicted octanol–water partition coefficient (Wildman–Crippen LogP) is -4.25. The fourth-order valence-electron chi connectivity index (χ4n) is 0.176. The van der Waals surface area contributed by atoms with Crippen molar-refractivity contribution >= 4 is 13.4 Å². The van der Waals surface area contributed by atoms with Gasteiger partial charge in [0.05, 0.1) is 0 Å². The molecule has 2 N–H and O–H groups in total. The second kappa shape index (κ2) is 4.76. The van der Waals surface area contributed by atoms with Gasteiger partial charge in [-0.15, -0.1) is 0 Å². The Bertz CT molecular complexity index is 153. The van der Waals surface area contributed by atoms with Crippen molar-refractivity contribution in [3.8, 4) is 0 Å². The van der Waals surface area contributed by atoms with Crippen LogP contribution >= 0.6 is 0 Å². The van der Waals surface area contributed by atoms with Crippen molar-refractivity contribution in [2.24, 2.45) is 0 Å². The first-order valence-electron chi connectivity index (χ1n) is 1.75. The molecule has 0 heterocycles. The molecule has 0 aliphatic carbocycles. The van der Waals surface area contributed by atoms with E-state index in [-0.39, 0.29) is 31.0 Å². The van der Waals surface area contributed by atoms with Crippen molar-refractivity contribution in [1.82, 2.24) is 0 Å². The van der Waals surface area contributed by atoms with Crippen LogP contribution in [0.3, 0.4) is 0 Å². The van der Waals surface area contributed by atoms with E-state index in [1.54, 1.807) is 0 Å². The van der Waals surface area contributed by atoms with E-state index in [1.165, 1.54) is 0 Å². The Hall–Kier alpha value is 0.999. The molecule has 0 aliphatic heterocycles. The van der Waals surface area contributed by atoms with Crippen LogP contribution in [0, 0.1) is 0 Å². The fraction of sp³-hybridized carbons (Fsp3) is 1.00. The van der Waals surface area contributed by atoms with Gasteiger partial charge in [-0.1, -0.05) is 0 Å². The van der Waals surface area contributed by atoms with Gasteiger partial charge in [0.15, 0.2) is 0 Å². The summed E-state index contributed by atoms with van der Waals surface area (Å²) in [5.41, 5.74) is 0. The summed E-state index contributed by atoms with van der Waals surface area (Å²) >= 11 is -5.13. The summed E-state index contributed by atoms with van der Waals surface area (Å²) in [4.78, 5) is 0. The van der Waals surface area contributed by atoms with E-state index in [4.69, 9.17) is 9.30 Å². The third-order valence-electron chi connectivity index (χ3n) is 0.261. The SMILES string of the molecule is CC(O)O[Se](=O)(=O)O.[H-].[Na+].